The Bertz CT molecular complexity index is 1080. The van der Waals surface area contributed by atoms with Crippen molar-refractivity contribution in [1.29, 1.82) is 0 Å². The summed E-state index contributed by atoms with van der Waals surface area (Å²) in [4.78, 5) is 9.34. The predicted octanol–water partition coefficient (Wildman–Crippen LogP) is 5.14. The molecule has 2 aliphatic rings. The minimum atomic E-state index is -0.897. The zero-order chi connectivity index (χ0) is 17.9. The second-order valence-electron chi connectivity index (χ2n) is 7.47. The lowest BCUT2D eigenvalue weighted by Gasteiger charge is -2.42. The Kier molecular flexibility index (Phi) is 3.27. The fourth-order valence-electron chi connectivity index (χ4n) is 4.19. The fourth-order valence-corrected chi connectivity index (χ4v) is 4.19. The van der Waals surface area contributed by atoms with Crippen LogP contribution in [0, 0.1) is 18.6 Å². The molecule has 4 heteroatoms. The molecular weight excluding hydrogens is 330 g/mol. The number of benzene rings is 2. The van der Waals surface area contributed by atoms with E-state index in [9.17, 15) is 8.78 Å². The van der Waals surface area contributed by atoms with Crippen LogP contribution in [0.1, 0.15) is 41.5 Å². The van der Waals surface area contributed by atoms with E-state index in [1.54, 1.807) is 12.3 Å². The molecule has 1 fully saturated rings. The van der Waals surface area contributed by atoms with E-state index in [0.717, 1.165) is 42.2 Å². The number of nitrogens with zero attached hydrogens (tertiary/aromatic N) is 2. The maximum absolute atomic E-state index is 14.0. The van der Waals surface area contributed by atoms with Crippen molar-refractivity contribution >= 4 is 16.6 Å². The van der Waals surface area contributed by atoms with E-state index in [1.165, 1.54) is 17.5 Å². The van der Waals surface area contributed by atoms with Crippen molar-refractivity contribution in [2.75, 3.05) is 0 Å². The smallest absolute Gasteiger partial charge is 0.184 e. The molecule has 5 rings (SSSR count). The molecule has 1 spiro atoms. The summed E-state index contributed by atoms with van der Waals surface area (Å²) >= 11 is 0. The number of rotatable bonds is 1. The monoisotopic (exact) mass is 348 g/mol. The topological polar surface area (TPSA) is 25.2 Å². The quantitative estimate of drug-likeness (QED) is 0.598. The summed E-state index contributed by atoms with van der Waals surface area (Å²) in [6.07, 6.45) is 6.02. The van der Waals surface area contributed by atoms with Crippen LogP contribution in [0.15, 0.2) is 47.6 Å². The highest BCUT2D eigenvalue weighted by molar-refractivity contribution is 6.15. The first kappa shape index (κ1) is 15.6. The van der Waals surface area contributed by atoms with Crippen molar-refractivity contribution in [3.05, 3.63) is 76.5 Å². The van der Waals surface area contributed by atoms with Crippen molar-refractivity contribution in [2.45, 2.75) is 38.1 Å². The van der Waals surface area contributed by atoms with E-state index in [-0.39, 0.29) is 11.1 Å². The van der Waals surface area contributed by atoms with Crippen LogP contribution in [0.3, 0.4) is 0 Å². The van der Waals surface area contributed by atoms with Crippen LogP contribution in [-0.4, -0.2) is 16.2 Å². The molecule has 0 atom stereocenters. The molecular formula is C22H18F2N2. The van der Waals surface area contributed by atoms with Crippen LogP contribution in [0.5, 0.6) is 0 Å². The highest BCUT2D eigenvalue weighted by Crippen LogP contribution is 2.44. The predicted molar refractivity (Wildman–Crippen MR) is 98.8 cm³/mol. The second kappa shape index (κ2) is 5.44. The maximum Gasteiger partial charge on any atom is 0.184 e. The van der Waals surface area contributed by atoms with Gasteiger partial charge in [-0.05, 0) is 61.9 Å². The first-order valence-corrected chi connectivity index (χ1v) is 8.99. The van der Waals surface area contributed by atoms with Crippen LogP contribution in [0.4, 0.5) is 8.78 Å². The summed E-state index contributed by atoms with van der Waals surface area (Å²) in [5.41, 5.74) is 5.61. The van der Waals surface area contributed by atoms with E-state index in [2.05, 4.69) is 24.0 Å². The molecule has 3 aromatic rings. The Morgan fingerprint density at radius 3 is 2.69 bits per heavy atom. The van der Waals surface area contributed by atoms with Crippen LogP contribution >= 0.6 is 0 Å². The summed E-state index contributed by atoms with van der Waals surface area (Å²) in [5, 5.41) is 0.589. The molecule has 2 heterocycles. The van der Waals surface area contributed by atoms with Crippen LogP contribution < -0.4 is 0 Å². The van der Waals surface area contributed by atoms with E-state index in [1.807, 2.05) is 12.1 Å². The van der Waals surface area contributed by atoms with Gasteiger partial charge in [-0.15, -0.1) is 0 Å². The average Bonchev–Trinajstić information content (AvgIpc) is 2.63. The summed E-state index contributed by atoms with van der Waals surface area (Å²) in [7, 11) is 0. The van der Waals surface area contributed by atoms with E-state index in [0.29, 0.717) is 5.39 Å². The molecule has 0 N–H and O–H groups in total. The van der Waals surface area contributed by atoms with Crippen LogP contribution in [-0.2, 0) is 6.42 Å². The lowest BCUT2D eigenvalue weighted by Crippen LogP contribution is -2.42. The van der Waals surface area contributed by atoms with Gasteiger partial charge in [-0.25, -0.2) is 8.78 Å². The summed E-state index contributed by atoms with van der Waals surface area (Å²) in [6, 6.07) is 10.9. The molecule has 0 saturated heterocycles. The Hall–Kier alpha value is -2.62. The highest BCUT2D eigenvalue weighted by atomic mass is 19.2. The van der Waals surface area contributed by atoms with Crippen molar-refractivity contribution in [3.8, 4) is 0 Å². The molecule has 2 aromatic carbocycles. The Morgan fingerprint density at radius 1 is 1.08 bits per heavy atom. The van der Waals surface area contributed by atoms with Gasteiger partial charge in [0.25, 0.3) is 0 Å². The van der Waals surface area contributed by atoms with Gasteiger partial charge in [0.15, 0.2) is 11.6 Å². The molecule has 130 valence electrons. The van der Waals surface area contributed by atoms with Gasteiger partial charge in [-0.2, -0.15) is 0 Å². The number of hydrogen-bond acceptors (Lipinski definition) is 2. The number of pyridine rings is 1. The Morgan fingerprint density at radius 2 is 1.92 bits per heavy atom. The molecule has 0 bridgehead atoms. The summed E-state index contributed by atoms with van der Waals surface area (Å²) in [6.45, 7) is 2.14. The van der Waals surface area contributed by atoms with E-state index < -0.39 is 11.6 Å². The van der Waals surface area contributed by atoms with Gasteiger partial charge in [-0.1, -0.05) is 18.2 Å². The number of aromatic nitrogens is 1. The highest BCUT2D eigenvalue weighted by Gasteiger charge is 2.41. The third-order valence-corrected chi connectivity index (χ3v) is 5.82. The molecule has 1 aliphatic heterocycles. The molecule has 0 amide bonds. The van der Waals surface area contributed by atoms with Crippen molar-refractivity contribution in [3.63, 3.8) is 0 Å². The molecule has 0 unspecified atom stereocenters. The van der Waals surface area contributed by atoms with Crippen molar-refractivity contribution < 1.29 is 8.78 Å². The number of halogens is 2. The van der Waals surface area contributed by atoms with E-state index in [4.69, 9.17) is 4.99 Å². The van der Waals surface area contributed by atoms with Gasteiger partial charge in [0.2, 0.25) is 0 Å². The van der Waals surface area contributed by atoms with Gasteiger partial charge in [-0.3, -0.25) is 9.98 Å². The van der Waals surface area contributed by atoms with Crippen LogP contribution in [0.2, 0.25) is 0 Å². The maximum atomic E-state index is 14.0. The Labute approximate surface area is 150 Å². The van der Waals surface area contributed by atoms with Gasteiger partial charge >= 0.3 is 0 Å². The normalized spacial score (nSPS) is 17.7. The number of aryl methyl sites for hydroxylation is 1. The molecule has 26 heavy (non-hydrogen) atoms. The first-order chi connectivity index (χ1) is 12.6. The molecule has 1 saturated carbocycles. The minimum Gasteiger partial charge on any atom is -0.277 e. The third kappa shape index (κ3) is 2.21. The number of aliphatic imine (C=N–C) groups is 1. The SMILES string of the molecule is Cc1cccc2c1CC1(CCC1)N=C2c1cnc2c(F)c(F)ccc2c1. The van der Waals surface area contributed by atoms with Gasteiger partial charge in [0.05, 0.1) is 11.3 Å². The lowest BCUT2D eigenvalue weighted by molar-refractivity contribution is 0.247. The molecule has 1 aliphatic carbocycles. The standard InChI is InChI=1S/C22H18F2N2/c1-13-4-2-5-16-17(13)11-22(8-3-9-22)26-20(16)15-10-14-6-7-18(23)19(24)21(14)25-12-15/h2,4-7,10,12H,3,8-9,11H2,1H3. The summed E-state index contributed by atoms with van der Waals surface area (Å²) in [5.74, 6) is -1.77. The summed E-state index contributed by atoms with van der Waals surface area (Å²) < 4.78 is 27.4. The van der Waals surface area contributed by atoms with Gasteiger partial charge in [0.1, 0.15) is 5.52 Å². The number of fused-ring (bicyclic) bond motifs is 2. The fraction of sp³-hybridized carbons (Fsp3) is 0.273. The number of hydrogen-bond donors (Lipinski definition) is 0. The minimum absolute atomic E-state index is 0.00253. The van der Waals surface area contributed by atoms with Crippen LogP contribution in [0.25, 0.3) is 10.9 Å². The zero-order valence-corrected chi connectivity index (χ0v) is 14.5. The van der Waals surface area contributed by atoms with Crippen molar-refractivity contribution in [2.24, 2.45) is 4.99 Å². The van der Waals surface area contributed by atoms with E-state index >= 15 is 0 Å². The first-order valence-electron chi connectivity index (χ1n) is 8.99. The zero-order valence-electron chi connectivity index (χ0n) is 14.5. The lowest BCUT2D eigenvalue weighted by atomic mass is 9.69. The van der Waals surface area contributed by atoms with Crippen molar-refractivity contribution in [1.82, 2.24) is 4.98 Å². The largest absolute Gasteiger partial charge is 0.277 e. The van der Waals surface area contributed by atoms with Gasteiger partial charge < -0.3 is 0 Å². The third-order valence-electron chi connectivity index (χ3n) is 5.82. The second-order valence-corrected chi connectivity index (χ2v) is 7.47. The molecule has 0 radical (unpaired) electrons. The van der Waals surface area contributed by atoms with Gasteiger partial charge in [0, 0.05) is 22.7 Å². The molecule has 2 nitrogen and oxygen atoms in total. The Balaban J connectivity index is 1.72. The molecule has 1 aromatic heterocycles. The average molecular weight is 348 g/mol.